The first-order valence-electron chi connectivity index (χ1n) is 9.04. The van der Waals surface area contributed by atoms with Gasteiger partial charge in [0.1, 0.15) is 5.82 Å². The fourth-order valence-electron chi connectivity index (χ4n) is 2.87. The fourth-order valence-corrected chi connectivity index (χ4v) is 4.19. The number of anilines is 1. The Morgan fingerprint density at radius 3 is 2.72 bits per heavy atom. The molecule has 9 heteroatoms. The van der Waals surface area contributed by atoms with E-state index in [2.05, 4.69) is 50.2 Å². The molecule has 0 unspecified atom stereocenters. The standard InChI is InChI=1S/C20H20N6OS2/c1-14-5-7-15(8-6-14)26-17(12-16-4-3-10-25(16)2)23-24-20(26)29-13-18(27)22-19-21-9-11-28-19/h3-11H,12-13H2,1-2H3,(H,21,22,27). The molecule has 7 nitrogen and oxygen atoms in total. The zero-order valence-corrected chi connectivity index (χ0v) is 17.7. The molecule has 1 N–H and O–H groups in total. The van der Waals surface area contributed by atoms with E-state index >= 15 is 0 Å². The van der Waals surface area contributed by atoms with Gasteiger partial charge >= 0.3 is 0 Å². The summed E-state index contributed by atoms with van der Waals surface area (Å²) >= 11 is 2.76. The summed E-state index contributed by atoms with van der Waals surface area (Å²) in [7, 11) is 2.01. The van der Waals surface area contributed by atoms with Gasteiger partial charge in [-0.25, -0.2) is 4.98 Å². The third-order valence-corrected chi connectivity index (χ3v) is 6.01. The van der Waals surface area contributed by atoms with Gasteiger partial charge in [0.05, 0.1) is 5.75 Å². The summed E-state index contributed by atoms with van der Waals surface area (Å²) in [5, 5.41) is 14.7. The highest BCUT2D eigenvalue weighted by Gasteiger charge is 2.17. The Kier molecular flexibility index (Phi) is 5.77. The Morgan fingerprint density at radius 1 is 1.21 bits per heavy atom. The number of aromatic nitrogens is 5. The average Bonchev–Trinajstić information content (AvgIpc) is 3.44. The van der Waals surface area contributed by atoms with Gasteiger partial charge < -0.3 is 9.88 Å². The fraction of sp³-hybridized carbons (Fsp3) is 0.200. The van der Waals surface area contributed by atoms with Crippen molar-refractivity contribution >= 4 is 34.1 Å². The monoisotopic (exact) mass is 424 g/mol. The van der Waals surface area contributed by atoms with Crippen molar-refractivity contribution in [2.45, 2.75) is 18.5 Å². The third-order valence-electron chi connectivity index (χ3n) is 4.39. The Labute approximate surface area is 176 Å². The van der Waals surface area contributed by atoms with E-state index < -0.39 is 0 Å². The number of benzene rings is 1. The van der Waals surface area contributed by atoms with Crippen molar-refractivity contribution in [3.05, 3.63) is 71.3 Å². The first kappa shape index (κ1) is 19.4. The molecule has 4 rings (SSSR count). The lowest BCUT2D eigenvalue weighted by Crippen LogP contribution is -2.14. The smallest absolute Gasteiger partial charge is 0.236 e. The Balaban J connectivity index is 1.58. The highest BCUT2D eigenvalue weighted by molar-refractivity contribution is 7.99. The number of rotatable bonds is 7. The second-order valence-electron chi connectivity index (χ2n) is 6.53. The second kappa shape index (κ2) is 8.62. The van der Waals surface area contributed by atoms with Gasteiger partial charge in [-0.1, -0.05) is 29.5 Å². The van der Waals surface area contributed by atoms with E-state index in [4.69, 9.17) is 0 Å². The molecular weight excluding hydrogens is 404 g/mol. The van der Waals surface area contributed by atoms with Crippen molar-refractivity contribution in [1.82, 2.24) is 24.3 Å². The van der Waals surface area contributed by atoms with Gasteiger partial charge in [-0.15, -0.1) is 21.5 Å². The molecule has 0 aliphatic carbocycles. The SMILES string of the molecule is Cc1ccc(-n2c(Cc3cccn3C)nnc2SCC(=O)Nc2nccs2)cc1. The van der Waals surface area contributed by atoms with Crippen molar-refractivity contribution in [2.75, 3.05) is 11.1 Å². The van der Waals surface area contributed by atoms with Crippen molar-refractivity contribution in [1.29, 1.82) is 0 Å². The van der Waals surface area contributed by atoms with Gasteiger partial charge in [0.15, 0.2) is 10.3 Å². The van der Waals surface area contributed by atoms with Crippen LogP contribution in [0, 0.1) is 6.92 Å². The summed E-state index contributed by atoms with van der Waals surface area (Å²) in [4.78, 5) is 16.3. The molecule has 0 saturated heterocycles. The Bertz CT molecular complexity index is 1100. The van der Waals surface area contributed by atoms with Gasteiger partial charge in [0.2, 0.25) is 5.91 Å². The molecule has 1 amide bonds. The van der Waals surface area contributed by atoms with Crippen LogP contribution in [0.3, 0.4) is 0 Å². The van der Waals surface area contributed by atoms with E-state index in [-0.39, 0.29) is 11.7 Å². The third kappa shape index (κ3) is 4.57. The number of carbonyl (C=O) groups is 1. The summed E-state index contributed by atoms with van der Waals surface area (Å²) in [6, 6.07) is 12.3. The minimum absolute atomic E-state index is 0.118. The highest BCUT2D eigenvalue weighted by atomic mass is 32.2. The van der Waals surface area contributed by atoms with Crippen LogP contribution in [0.2, 0.25) is 0 Å². The predicted molar refractivity (Wildman–Crippen MR) is 116 cm³/mol. The van der Waals surface area contributed by atoms with Crippen LogP contribution in [-0.4, -0.2) is 36.0 Å². The Hall–Kier alpha value is -2.91. The lowest BCUT2D eigenvalue weighted by Gasteiger charge is -2.11. The number of hydrogen-bond donors (Lipinski definition) is 1. The van der Waals surface area contributed by atoms with E-state index in [1.165, 1.54) is 28.7 Å². The summed E-state index contributed by atoms with van der Waals surface area (Å²) in [5.74, 6) is 0.944. The topological polar surface area (TPSA) is 77.6 Å². The largest absolute Gasteiger partial charge is 0.354 e. The minimum atomic E-state index is -0.118. The number of thioether (sulfide) groups is 1. The number of thiazole rings is 1. The molecule has 0 spiro atoms. The zero-order chi connectivity index (χ0) is 20.2. The normalized spacial score (nSPS) is 11.0. The average molecular weight is 425 g/mol. The molecule has 3 heterocycles. The van der Waals surface area contributed by atoms with Gasteiger partial charge in [0.25, 0.3) is 0 Å². The van der Waals surface area contributed by atoms with E-state index in [1.807, 2.05) is 41.4 Å². The quantitative estimate of drug-likeness (QED) is 0.458. The summed E-state index contributed by atoms with van der Waals surface area (Å²) in [6.07, 6.45) is 4.33. The molecule has 1 aromatic carbocycles. The molecule has 0 radical (unpaired) electrons. The number of aryl methyl sites for hydroxylation is 2. The number of carbonyl (C=O) groups excluding carboxylic acids is 1. The van der Waals surface area contributed by atoms with Crippen LogP contribution < -0.4 is 5.32 Å². The van der Waals surface area contributed by atoms with Crippen molar-refractivity contribution in [3.8, 4) is 5.69 Å². The van der Waals surface area contributed by atoms with Crippen LogP contribution in [0.25, 0.3) is 5.69 Å². The molecule has 0 atom stereocenters. The van der Waals surface area contributed by atoms with E-state index in [0.29, 0.717) is 16.7 Å². The van der Waals surface area contributed by atoms with Crippen LogP contribution in [0.5, 0.6) is 0 Å². The van der Waals surface area contributed by atoms with Crippen LogP contribution in [-0.2, 0) is 18.3 Å². The van der Waals surface area contributed by atoms with E-state index in [9.17, 15) is 4.79 Å². The van der Waals surface area contributed by atoms with Gasteiger partial charge in [0, 0.05) is 42.6 Å². The summed E-state index contributed by atoms with van der Waals surface area (Å²) in [6.45, 7) is 2.05. The molecule has 0 aliphatic rings. The zero-order valence-electron chi connectivity index (χ0n) is 16.1. The van der Waals surface area contributed by atoms with Crippen LogP contribution in [0.15, 0.2) is 59.3 Å². The van der Waals surface area contributed by atoms with E-state index in [1.54, 1.807) is 6.20 Å². The number of nitrogens with one attached hydrogen (secondary N) is 1. The lowest BCUT2D eigenvalue weighted by molar-refractivity contribution is -0.113. The summed E-state index contributed by atoms with van der Waals surface area (Å²) < 4.78 is 4.09. The maximum absolute atomic E-state index is 12.3. The lowest BCUT2D eigenvalue weighted by atomic mass is 10.2. The number of nitrogens with zero attached hydrogens (tertiary/aromatic N) is 5. The van der Waals surface area contributed by atoms with Crippen LogP contribution >= 0.6 is 23.1 Å². The minimum Gasteiger partial charge on any atom is -0.354 e. The second-order valence-corrected chi connectivity index (χ2v) is 8.37. The molecule has 148 valence electrons. The number of hydrogen-bond acceptors (Lipinski definition) is 6. The first-order chi connectivity index (χ1) is 14.1. The first-order valence-corrected chi connectivity index (χ1v) is 10.9. The highest BCUT2D eigenvalue weighted by Crippen LogP contribution is 2.24. The number of amides is 1. The molecule has 29 heavy (non-hydrogen) atoms. The van der Waals surface area contributed by atoms with Crippen molar-refractivity contribution < 1.29 is 4.79 Å². The molecule has 4 aromatic rings. The molecule has 3 aromatic heterocycles. The molecule has 0 bridgehead atoms. The van der Waals surface area contributed by atoms with Gasteiger partial charge in [-0.2, -0.15) is 0 Å². The van der Waals surface area contributed by atoms with Crippen LogP contribution in [0.1, 0.15) is 17.1 Å². The molecule has 0 aliphatic heterocycles. The summed E-state index contributed by atoms with van der Waals surface area (Å²) in [5.41, 5.74) is 3.30. The molecule has 0 fully saturated rings. The van der Waals surface area contributed by atoms with Gasteiger partial charge in [-0.3, -0.25) is 9.36 Å². The van der Waals surface area contributed by atoms with Crippen molar-refractivity contribution in [3.63, 3.8) is 0 Å². The van der Waals surface area contributed by atoms with Crippen LogP contribution in [0.4, 0.5) is 5.13 Å². The predicted octanol–water partition coefficient (Wildman–Crippen LogP) is 3.69. The maximum Gasteiger partial charge on any atom is 0.236 e. The van der Waals surface area contributed by atoms with Gasteiger partial charge in [-0.05, 0) is 31.2 Å². The Morgan fingerprint density at radius 2 is 2.03 bits per heavy atom. The molecule has 0 saturated carbocycles. The molecular formula is C20H20N6OS2. The maximum atomic E-state index is 12.3. The van der Waals surface area contributed by atoms with Crippen molar-refractivity contribution in [2.24, 2.45) is 7.05 Å². The van der Waals surface area contributed by atoms with E-state index in [0.717, 1.165) is 17.2 Å².